The Hall–Kier alpha value is -2.77. The van der Waals surface area contributed by atoms with Crippen LogP contribution in [0.2, 0.25) is 0 Å². The fraction of sp³-hybridized carbons (Fsp3) is 0.214. The molecule has 0 bridgehead atoms. The number of halogens is 2. The molecule has 1 N–H and O–H groups in total. The van der Waals surface area contributed by atoms with Crippen LogP contribution in [0.25, 0.3) is 0 Å². The van der Waals surface area contributed by atoms with Gasteiger partial charge in [-0.2, -0.15) is 0 Å². The minimum absolute atomic E-state index is 0.0309. The van der Waals surface area contributed by atoms with Gasteiger partial charge in [-0.15, -0.1) is 0 Å². The highest BCUT2D eigenvalue weighted by atomic mass is 19.1. The van der Waals surface area contributed by atoms with Crippen molar-refractivity contribution in [3.05, 3.63) is 47.9 Å². The van der Waals surface area contributed by atoms with Crippen molar-refractivity contribution in [2.75, 3.05) is 11.4 Å². The van der Waals surface area contributed by atoms with Crippen molar-refractivity contribution in [2.45, 2.75) is 12.5 Å². The number of amides is 2. The number of nitrogens with zero attached hydrogens (tertiary/aromatic N) is 2. The van der Waals surface area contributed by atoms with E-state index in [4.69, 9.17) is 0 Å². The second-order valence-corrected chi connectivity index (χ2v) is 4.76. The minimum Gasteiger partial charge on any atom is -0.364 e. The highest BCUT2D eigenvalue weighted by molar-refractivity contribution is 6.03. The zero-order valence-corrected chi connectivity index (χ0v) is 11.3. The summed E-state index contributed by atoms with van der Waals surface area (Å²) in [7, 11) is 0. The molecule has 0 unspecified atom stereocenters. The van der Waals surface area contributed by atoms with Crippen molar-refractivity contribution in [1.82, 2.24) is 10.5 Å². The summed E-state index contributed by atoms with van der Waals surface area (Å²) >= 11 is 0. The first-order chi connectivity index (χ1) is 10.6. The molecule has 1 aliphatic heterocycles. The first-order valence-electron chi connectivity index (χ1n) is 6.54. The predicted octanol–water partition coefficient (Wildman–Crippen LogP) is 1.49. The number of aromatic nitrogens is 1. The van der Waals surface area contributed by atoms with E-state index in [1.165, 1.54) is 18.4 Å². The standard InChI is InChI=1S/C14H11F2N3O3/c15-8-2-1-3-9(16)12(8)19-6-4-11(14(19)21)17-13(20)10-5-7-22-18-10/h1-3,5,7,11H,4,6H2,(H,17,20)/t11-/m0/s1. The molecule has 2 aromatic rings. The van der Waals surface area contributed by atoms with Crippen LogP contribution in [0.3, 0.4) is 0 Å². The molecule has 1 fully saturated rings. The van der Waals surface area contributed by atoms with Crippen LogP contribution >= 0.6 is 0 Å². The average molecular weight is 307 g/mol. The Morgan fingerprint density at radius 3 is 2.68 bits per heavy atom. The van der Waals surface area contributed by atoms with Crippen molar-refractivity contribution < 1.29 is 22.9 Å². The van der Waals surface area contributed by atoms with Crippen molar-refractivity contribution in [1.29, 1.82) is 0 Å². The molecule has 1 aliphatic rings. The Labute approximate surface area is 123 Å². The molecule has 1 aromatic carbocycles. The van der Waals surface area contributed by atoms with E-state index in [0.717, 1.165) is 17.0 Å². The number of para-hydroxylation sites is 1. The van der Waals surface area contributed by atoms with Crippen molar-refractivity contribution in [3.63, 3.8) is 0 Å². The van der Waals surface area contributed by atoms with Crippen LogP contribution in [0.5, 0.6) is 0 Å². The number of rotatable bonds is 3. The Bertz CT molecular complexity index is 698. The SMILES string of the molecule is O=C(N[C@H]1CCN(c2c(F)cccc2F)C1=O)c1ccon1. The van der Waals surface area contributed by atoms with Gasteiger partial charge >= 0.3 is 0 Å². The van der Waals surface area contributed by atoms with Gasteiger partial charge in [0.05, 0.1) is 0 Å². The van der Waals surface area contributed by atoms with E-state index in [1.54, 1.807) is 0 Å². The highest BCUT2D eigenvalue weighted by Gasteiger charge is 2.36. The van der Waals surface area contributed by atoms with Crippen molar-refractivity contribution in [3.8, 4) is 0 Å². The summed E-state index contributed by atoms with van der Waals surface area (Å²) in [5.41, 5.74) is -0.367. The largest absolute Gasteiger partial charge is 0.364 e. The molecule has 3 rings (SSSR count). The third-order valence-electron chi connectivity index (χ3n) is 3.39. The van der Waals surface area contributed by atoms with E-state index in [0.29, 0.717) is 0 Å². The summed E-state index contributed by atoms with van der Waals surface area (Å²) < 4.78 is 32.0. The molecular weight excluding hydrogens is 296 g/mol. The summed E-state index contributed by atoms with van der Waals surface area (Å²) in [5, 5.41) is 5.93. The van der Waals surface area contributed by atoms with E-state index in [9.17, 15) is 18.4 Å². The van der Waals surface area contributed by atoms with Gasteiger partial charge in [0.25, 0.3) is 5.91 Å². The Balaban J connectivity index is 1.77. The molecule has 114 valence electrons. The van der Waals surface area contributed by atoms with Crippen LogP contribution in [-0.2, 0) is 4.79 Å². The maximum atomic E-state index is 13.7. The number of hydrogen-bond donors (Lipinski definition) is 1. The normalized spacial score (nSPS) is 17.8. The van der Waals surface area contributed by atoms with Gasteiger partial charge in [-0.1, -0.05) is 11.2 Å². The molecule has 0 spiro atoms. The number of benzene rings is 1. The van der Waals surface area contributed by atoms with Gasteiger partial charge < -0.3 is 14.7 Å². The molecular formula is C14H11F2N3O3. The van der Waals surface area contributed by atoms with Gasteiger partial charge in [0, 0.05) is 12.6 Å². The van der Waals surface area contributed by atoms with Gasteiger partial charge in [0.1, 0.15) is 29.6 Å². The Kier molecular flexibility index (Phi) is 3.58. The summed E-state index contributed by atoms with van der Waals surface area (Å²) in [6, 6.07) is 3.87. The van der Waals surface area contributed by atoms with Gasteiger partial charge in [0.15, 0.2) is 5.69 Å². The average Bonchev–Trinajstić information content (AvgIpc) is 3.12. The molecule has 0 saturated carbocycles. The fourth-order valence-electron chi connectivity index (χ4n) is 2.34. The third kappa shape index (κ3) is 2.43. The van der Waals surface area contributed by atoms with E-state index in [1.807, 2.05) is 0 Å². The summed E-state index contributed by atoms with van der Waals surface area (Å²) in [5.74, 6) is -2.79. The van der Waals surface area contributed by atoms with Crippen LogP contribution in [0.15, 0.2) is 35.1 Å². The van der Waals surface area contributed by atoms with E-state index < -0.39 is 35.2 Å². The molecule has 1 atom stereocenters. The fourth-order valence-corrected chi connectivity index (χ4v) is 2.34. The molecule has 6 nitrogen and oxygen atoms in total. The van der Waals surface area contributed by atoms with E-state index >= 15 is 0 Å². The zero-order chi connectivity index (χ0) is 15.7. The number of carbonyl (C=O) groups excluding carboxylic acids is 2. The van der Waals surface area contributed by atoms with Gasteiger partial charge in [0.2, 0.25) is 5.91 Å². The lowest BCUT2D eigenvalue weighted by Gasteiger charge is -2.18. The maximum Gasteiger partial charge on any atom is 0.274 e. The molecule has 22 heavy (non-hydrogen) atoms. The number of carbonyl (C=O) groups is 2. The molecule has 1 saturated heterocycles. The lowest BCUT2D eigenvalue weighted by atomic mass is 10.2. The Morgan fingerprint density at radius 2 is 2.05 bits per heavy atom. The van der Waals surface area contributed by atoms with Crippen molar-refractivity contribution in [2.24, 2.45) is 0 Å². The predicted molar refractivity (Wildman–Crippen MR) is 71.1 cm³/mol. The quantitative estimate of drug-likeness (QED) is 0.932. The summed E-state index contributed by atoms with van der Waals surface area (Å²) in [6.07, 6.45) is 1.47. The first kappa shape index (κ1) is 14.2. The topological polar surface area (TPSA) is 75.4 Å². The number of anilines is 1. The molecule has 2 heterocycles. The zero-order valence-electron chi connectivity index (χ0n) is 11.3. The minimum atomic E-state index is -0.858. The van der Waals surface area contributed by atoms with Crippen LogP contribution in [0.1, 0.15) is 16.9 Å². The highest BCUT2D eigenvalue weighted by Crippen LogP contribution is 2.27. The third-order valence-corrected chi connectivity index (χ3v) is 3.39. The molecule has 0 radical (unpaired) electrons. The first-order valence-corrected chi connectivity index (χ1v) is 6.54. The van der Waals surface area contributed by atoms with Gasteiger partial charge in [-0.25, -0.2) is 8.78 Å². The molecule has 2 amide bonds. The van der Waals surface area contributed by atoms with Gasteiger partial charge in [-0.3, -0.25) is 9.59 Å². The van der Waals surface area contributed by atoms with Gasteiger partial charge in [-0.05, 0) is 18.6 Å². The molecule has 8 heteroatoms. The summed E-state index contributed by atoms with van der Waals surface area (Å²) in [4.78, 5) is 25.1. The van der Waals surface area contributed by atoms with Crippen LogP contribution in [-0.4, -0.2) is 29.6 Å². The second kappa shape index (κ2) is 5.55. The Morgan fingerprint density at radius 1 is 1.32 bits per heavy atom. The monoisotopic (exact) mass is 307 g/mol. The molecule has 1 aromatic heterocycles. The lowest BCUT2D eigenvalue weighted by molar-refractivity contribution is -0.118. The number of nitrogens with one attached hydrogen (secondary N) is 1. The number of hydrogen-bond acceptors (Lipinski definition) is 4. The molecule has 0 aliphatic carbocycles. The van der Waals surface area contributed by atoms with E-state index in [2.05, 4.69) is 15.0 Å². The van der Waals surface area contributed by atoms with Crippen molar-refractivity contribution >= 4 is 17.5 Å². The van der Waals surface area contributed by atoms with Crippen LogP contribution in [0, 0.1) is 11.6 Å². The smallest absolute Gasteiger partial charge is 0.274 e. The second-order valence-electron chi connectivity index (χ2n) is 4.76. The maximum absolute atomic E-state index is 13.7. The lowest BCUT2D eigenvalue weighted by Crippen LogP contribution is -2.42. The van der Waals surface area contributed by atoms with E-state index in [-0.39, 0.29) is 18.7 Å². The summed E-state index contributed by atoms with van der Waals surface area (Å²) in [6.45, 7) is 0.112. The van der Waals surface area contributed by atoms with Crippen LogP contribution in [0.4, 0.5) is 14.5 Å². The van der Waals surface area contributed by atoms with Crippen LogP contribution < -0.4 is 10.2 Å².